The number of hydrogen-bond donors (Lipinski definition) is 1. The monoisotopic (exact) mass is 459 g/mol. The van der Waals surface area contributed by atoms with E-state index in [1.54, 1.807) is 16.5 Å². The zero-order chi connectivity index (χ0) is 24.2. The van der Waals surface area contributed by atoms with Gasteiger partial charge in [0, 0.05) is 11.4 Å². The van der Waals surface area contributed by atoms with Crippen molar-refractivity contribution >= 4 is 23.5 Å². The van der Waals surface area contributed by atoms with Gasteiger partial charge in [0.25, 0.3) is 0 Å². The molecule has 8 heteroatoms. The summed E-state index contributed by atoms with van der Waals surface area (Å²) in [4.78, 5) is 32.3. The summed E-state index contributed by atoms with van der Waals surface area (Å²) in [6, 6.07) is 15.2. The number of carbonyl (C=O) groups excluding carboxylic acids is 2. The Kier molecular flexibility index (Phi) is 6.77. The van der Waals surface area contributed by atoms with Crippen molar-refractivity contribution in [3.05, 3.63) is 82.8 Å². The standard InChI is InChI=1S/C26H29N5O3/c1-5-19-9-7-8-10-21(19)29-22(32)15-30-18(4)23(25(33)34-6-2)24(31-26(30)27-16-28-31)20-13-11-17(3)12-14-20/h7-14,16,24H,5-6,15H2,1-4H3,(H,29,32). The number of aryl methyl sites for hydroxylation is 2. The predicted octanol–water partition coefficient (Wildman–Crippen LogP) is 4.03. The van der Waals surface area contributed by atoms with Gasteiger partial charge in [-0.2, -0.15) is 10.1 Å². The maximum Gasteiger partial charge on any atom is 0.338 e. The van der Waals surface area contributed by atoms with E-state index in [1.807, 2.05) is 69.3 Å². The number of fused-ring (bicyclic) bond motifs is 1. The van der Waals surface area contributed by atoms with Crippen LogP contribution < -0.4 is 10.2 Å². The number of amides is 1. The van der Waals surface area contributed by atoms with E-state index in [-0.39, 0.29) is 19.1 Å². The smallest absolute Gasteiger partial charge is 0.338 e. The maximum absolute atomic E-state index is 13.1. The van der Waals surface area contributed by atoms with Crippen molar-refractivity contribution in [1.82, 2.24) is 14.8 Å². The van der Waals surface area contributed by atoms with E-state index in [4.69, 9.17) is 4.74 Å². The van der Waals surface area contributed by atoms with Crippen molar-refractivity contribution in [3.8, 4) is 0 Å². The highest BCUT2D eigenvalue weighted by Gasteiger charge is 2.38. The zero-order valence-electron chi connectivity index (χ0n) is 19.9. The van der Waals surface area contributed by atoms with Crippen LogP contribution >= 0.6 is 0 Å². The molecule has 8 nitrogen and oxygen atoms in total. The molecule has 0 bridgehead atoms. The first kappa shape index (κ1) is 23.2. The first-order valence-electron chi connectivity index (χ1n) is 11.4. The van der Waals surface area contributed by atoms with Gasteiger partial charge in [0.2, 0.25) is 11.9 Å². The molecule has 3 aromatic rings. The molecule has 0 saturated heterocycles. The van der Waals surface area contributed by atoms with E-state index < -0.39 is 12.0 Å². The average molecular weight is 460 g/mol. The molecular weight excluding hydrogens is 430 g/mol. The van der Waals surface area contributed by atoms with E-state index in [0.717, 1.165) is 28.8 Å². The zero-order valence-corrected chi connectivity index (χ0v) is 19.9. The average Bonchev–Trinajstić information content (AvgIpc) is 3.31. The van der Waals surface area contributed by atoms with Gasteiger partial charge in [-0.1, -0.05) is 55.0 Å². The van der Waals surface area contributed by atoms with Gasteiger partial charge in [-0.3, -0.25) is 4.79 Å². The van der Waals surface area contributed by atoms with Crippen LogP contribution in [0.2, 0.25) is 0 Å². The summed E-state index contributed by atoms with van der Waals surface area (Å²) >= 11 is 0. The van der Waals surface area contributed by atoms with Crippen molar-refractivity contribution in [2.75, 3.05) is 23.4 Å². The van der Waals surface area contributed by atoms with Crippen LogP contribution in [0.15, 0.2) is 66.1 Å². The van der Waals surface area contributed by atoms with Gasteiger partial charge in [-0.25, -0.2) is 9.48 Å². The maximum atomic E-state index is 13.1. The highest BCUT2D eigenvalue weighted by molar-refractivity contribution is 5.97. The van der Waals surface area contributed by atoms with Crippen molar-refractivity contribution < 1.29 is 14.3 Å². The number of ether oxygens (including phenoxy) is 1. The number of hydrogen-bond acceptors (Lipinski definition) is 6. The number of para-hydroxylation sites is 1. The second kappa shape index (κ2) is 9.91. The predicted molar refractivity (Wildman–Crippen MR) is 130 cm³/mol. The molecule has 0 spiro atoms. The van der Waals surface area contributed by atoms with Crippen LogP contribution in [0.4, 0.5) is 11.6 Å². The van der Waals surface area contributed by atoms with Crippen LogP contribution in [0.5, 0.6) is 0 Å². The minimum absolute atomic E-state index is 0.0217. The van der Waals surface area contributed by atoms with E-state index in [9.17, 15) is 9.59 Å². The highest BCUT2D eigenvalue weighted by Crippen LogP contribution is 2.38. The molecule has 1 aliphatic heterocycles. The molecule has 0 aliphatic carbocycles. The third kappa shape index (κ3) is 4.44. The first-order chi connectivity index (χ1) is 16.4. The number of benzene rings is 2. The summed E-state index contributed by atoms with van der Waals surface area (Å²) in [7, 11) is 0. The number of nitrogens with zero attached hydrogens (tertiary/aromatic N) is 4. The van der Waals surface area contributed by atoms with Crippen molar-refractivity contribution in [2.24, 2.45) is 0 Å². The Balaban J connectivity index is 1.72. The Morgan fingerprint density at radius 1 is 1.06 bits per heavy atom. The number of nitrogens with one attached hydrogen (secondary N) is 1. The van der Waals surface area contributed by atoms with Crippen LogP contribution in [0.1, 0.15) is 43.5 Å². The van der Waals surface area contributed by atoms with Crippen molar-refractivity contribution in [3.63, 3.8) is 0 Å². The van der Waals surface area contributed by atoms with E-state index >= 15 is 0 Å². The first-order valence-corrected chi connectivity index (χ1v) is 11.4. The number of esters is 1. The van der Waals surface area contributed by atoms with E-state index in [1.165, 1.54) is 6.33 Å². The quantitative estimate of drug-likeness (QED) is 0.537. The number of aromatic nitrogens is 3. The lowest BCUT2D eigenvalue weighted by Gasteiger charge is -2.35. The normalized spacial score (nSPS) is 15.2. The van der Waals surface area contributed by atoms with Gasteiger partial charge in [0.05, 0.1) is 12.2 Å². The molecular formula is C26H29N5O3. The minimum atomic E-state index is -0.503. The second-order valence-corrected chi connectivity index (χ2v) is 8.18. The molecule has 34 heavy (non-hydrogen) atoms. The van der Waals surface area contributed by atoms with Gasteiger partial charge in [-0.15, -0.1) is 0 Å². The molecule has 0 fully saturated rings. The minimum Gasteiger partial charge on any atom is -0.463 e. The van der Waals surface area contributed by atoms with Gasteiger partial charge in [0.15, 0.2) is 0 Å². The Morgan fingerprint density at radius 2 is 1.79 bits per heavy atom. The van der Waals surface area contributed by atoms with Crippen molar-refractivity contribution in [1.29, 1.82) is 0 Å². The Morgan fingerprint density at radius 3 is 2.50 bits per heavy atom. The molecule has 2 heterocycles. The highest BCUT2D eigenvalue weighted by atomic mass is 16.5. The molecule has 1 unspecified atom stereocenters. The lowest BCUT2D eigenvalue weighted by molar-refractivity contribution is -0.139. The lowest BCUT2D eigenvalue weighted by Crippen LogP contribution is -2.41. The van der Waals surface area contributed by atoms with Crippen LogP contribution in [-0.4, -0.2) is 39.8 Å². The lowest BCUT2D eigenvalue weighted by atomic mass is 9.94. The summed E-state index contributed by atoms with van der Waals surface area (Å²) in [5, 5.41) is 7.42. The molecule has 1 aromatic heterocycles. The Hall–Kier alpha value is -3.94. The summed E-state index contributed by atoms with van der Waals surface area (Å²) < 4.78 is 7.09. The van der Waals surface area contributed by atoms with Gasteiger partial charge in [0.1, 0.15) is 18.9 Å². The molecule has 2 aromatic carbocycles. The summed E-state index contributed by atoms with van der Waals surface area (Å²) in [5.41, 5.74) is 4.88. The molecule has 1 N–H and O–H groups in total. The number of anilines is 2. The fourth-order valence-corrected chi connectivity index (χ4v) is 4.23. The third-order valence-electron chi connectivity index (χ3n) is 5.97. The summed E-state index contributed by atoms with van der Waals surface area (Å²) in [5.74, 6) is -0.157. The molecule has 1 atom stereocenters. The number of carbonyl (C=O) groups is 2. The van der Waals surface area contributed by atoms with Crippen LogP contribution in [-0.2, 0) is 20.7 Å². The number of allylic oxidation sites excluding steroid dienone is 1. The van der Waals surface area contributed by atoms with Gasteiger partial charge < -0.3 is 15.0 Å². The largest absolute Gasteiger partial charge is 0.463 e. The molecule has 0 radical (unpaired) electrons. The van der Waals surface area contributed by atoms with Crippen LogP contribution in [0.3, 0.4) is 0 Å². The summed E-state index contributed by atoms with van der Waals surface area (Å²) in [6.07, 6.45) is 2.24. The molecule has 0 saturated carbocycles. The van der Waals surface area contributed by atoms with Crippen molar-refractivity contribution in [2.45, 2.75) is 40.2 Å². The summed E-state index contributed by atoms with van der Waals surface area (Å²) in [6.45, 7) is 7.87. The second-order valence-electron chi connectivity index (χ2n) is 8.18. The molecule has 176 valence electrons. The van der Waals surface area contributed by atoms with Crippen LogP contribution in [0.25, 0.3) is 0 Å². The van der Waals surface area contributed by atoms with Crippen LogP contribution in [0, 0.1) is 6.92 Å². The van der Waals surface area contributed by atoms with Gasteiger partial charge >= 0.3 is 5.97 Å². The molecule has 1 amide bonds. The SMILES string of the molecule is CCOC(=O)C1=C(C)N(CC(=O)Nc2ccccc2CC)c2ncnn2C1c1ccc(C)cc1. The molecule has 1 aliphatic rings. The Labute approximate surface area is 199 Å². The topological polar surface area (TPSA) is 89.3 Å². The van der Waals surface area contributed by atoms with Gasteiger partial charge in [-0.05, 0) is 44.4 Å². The fourth-order valence-electron chi connectivity index (χ4n) is 4.23. The van der Waals surface area contributed by atoms with E-state index in [0.29, 0.717) is 17.2 Å². The Bertz CT molecular complexity index is 1230. The fraction of sp³-hybridized carbons (Fsp3) is 0.308. The van der Waals surface area contributed by atoms with E-state index in [2.05, 4.69) is 15.4 Å². The molecule has 4 rings (SSSR count). The third-order valence-corrected chi connectivity index (χ3v) is 5.97. The number of rotatable bonds is 7.